The molecule has 0 spiro atoms. The number of amides is 2. The second-order valence-corrected chi connectivity index (χ2v) is 6.78. The van der Waals surface area contributed by atoms with Crippen molar-refractivity contribution in [3.05, 3.63) is 46.7 Å². The van der Waals surface area contributed by atoms with Crippen LogP contribution >= 0.6 is 11.3 Å². The Labute approximate surface area is 150 Å². The zero-order valence-corrected chi connectivity index (χ0v) is 14.8. The number of nitrogens with zero attached hydrogens (tertiary/aromatic N) is 1. The highest BCUT2D eigenvalue weighted by atomic mass is 32.1. The largest absolute Gasteiger partial charge is 0.477 e. The van der Waals surface area contributed by atoms with Crippen molar-refractivity contribution in [1.29, 1.82) is 0 Å². The second kappa shape index (κ2) is 8.02. The summed E-state index contributed by atoms with van der Waals surface area (Å²) >= 11 is 1.68. The third kappa shape index (κ3) is 4.30. The molecule has 2 amide bonds. The van der Waals surface area contributed by atoms with Crippen LogP contribution in [0.1, 0.15) is 4.88 Å². The molecule has 25 heavy (non-hydrogen) atoms. The number of carbonyl (C=O) groups excluding carboxylic acids is 2. The molecule has 2 N–H and O–H groups in total. The minimum Gasteiger partial charge on any atom is -0.477 e. The van der Waals surface area contributed by atoms with E-state index in [0.29, 0.717) is 18.8 Å². The van der Waals surface area contributed by atoms with Gasteiger partial charge < -0.3 is 20.3 Å². The van der Waals surface area contributed by atoms with E-state index in [-0.39, 0.29) is 18.4 Å². The fourth-order valence-electron chi connectivity index (χ4n) is 2.76. The summed E-state index contributed by atoms with van der Waals surface area (Å²) in [4.78, 5) is 27.4. The smallest absolute Gasteiger partial charge is 0.262 e. The van der Waals surface area contributed by atoms with Crippen LogP contribution in [0.2, 0.25) is 0 Å². The lowest BCUT2D eigenvalue weighted by Crippen LogP contribution is -2.50. The molecule has 0 fully saturated rings. The van der Waals surface area contributed by atoms with Gasteiger partial charge >= 0.3 is 0 Å². The Morgan fingerprint density at radius 1 is 1.28 bits per heavy atom. The quantitative estimate of drug-likeness (QED) is 0.818. The monoisotopic (exact) mass is 359 g/mol. The molecule has 1 atom stereocenters. The zero-order valence-electron chi connectivity index (χ0n) is 14.0. The van der Waals surface area contributed by atoms with Crippen molar-refractivity contribution in [3.8, 4) is 5.75 Å². The molecule has 0 bridgehead atoms. The van der Waals surface area contributed by atoms with Gasteiger partial charge in [-0.25, -0.2) is 0 Å². The van der Waals surface area contributed by atoms with Crippen LogP contribution in [0.15, 0.2) is 41.8 Å². The first-order chi connectivity index (χ1) is 12.2. The Morgan fingerprint density at radius 3 is 2.88 bits per heavy atom. The molecule has 1 aromatic heterocycles. The Hall–Kier alpha value is -2.54. The summed E-state index contributed by atoms with van der Waals surface area (Å²) in [6.45, 7) is 1.14. The number of rotatable bonds is 6. The van der Waals surface area contributed by atoms with Crippen LogP contribution in [0.3, 0.4) is 0 Å². The van der Waals surface area contributed by atoms with Gasteiger partial charge in [0.25, 0.3) is 5.91 Å². The minimum absolute atomic E-state index is 0.0658. The van der Waals surface area contributed by atoms with Crippen LogP contribution in [0.5, 0.6) is 5.75 Å². The number of carbonyl (C=O) groups is 2. The molecule has 0 saturated heterocycles. The molecule has 6 nitrogen and oxygen atoms in total. The predicted molar refractivity (Wildman–Crippen MR) is 98.2 cm³/mol. The van der Waals surface area contributed by atoms with Gasteiger partial charge in [-0.1, -0.05) is 18.2 Å². The van der Waals surface area contributed by atoms with Crippen molar-refractivity contribution in [3.63, 3.8) is 0 Å². The van der Waals surface area contributed by atoms with Crippen molar-refractivity contribution in [2.75, 3.05) is 31.6 Å². The third-order valence-corrected chi connectivity index (χ3v) is 4.94. The molecule has 0 aliphatic carbocycles. The van der Waals surface area contributed by atoms with Crippen molar-refractivity contribution in [1.82, 2.24) is 10.6 Å². The van der Waals surface area contributed by atoms with Crippen molar-refractivity contribution >= 4 is 28.8 Å². The predicted octanol–water partition coefficient (Wildman–Crippen LogP) is 1.42. The number of ether oxygens (including phenoxy) is 1. The van der Waals surface area contributed by atoms with E-state index >= 15 is 0 Å². The van der Waals surface area contributed by atoms with Crippen LogP contribution in [0, 0.1) is 0 Å². The van der Waals surface area contributed by atoms with E-state index < -0.39 is 6.10 Å². The van der Waals surface area contributed by atoms with E-state index in [2.05, 4.69) is 16.7 Å². The molecule has 0 saturated carbocycles. The number of hydrogen-bond donors (Lipinski definition) is 2. The normalized spacial score (nSPS) is 15.9. The maximum atomic E-state index is 12.3. The lowest BCUT2D eigenvalue weighted by molar-refractivity contribution is -0.127. The number of fused-ring (bicyclic) bond motifs is 1. The number of benzene rings is 1. The standard InChI is InChI=1S/C18H21N3O3S/c1-19-18(23)16-11-21(14-6-2-3-7-15(14)24-16)12-17(22)20-9-8-13-5-4-10-25-13/h2-7,10,16H,8-9,11-12H2,1H3,(H,19,23)(H,20,22)/t16-/m1/s1. The number of hydrogen-bond acceptors (Lipinski definition) is 5. The van der Waals surface area contributed by atoms with Crippen molar-refractivity contribution in [2.24, 2.45) is 0 Å². The molecule has 1 aromatic carbocycles. The average molecular weight is 359 g/mol. The highest BCUT2D eigenvalue weighted by Crippen LogP contribution is 2.32. The third-order valence-electron chi connectivity index (χ3n) is 4.01. The average Bonchev–Trinajstić information content (AvgIpc) is 3.14. The number of anilines is 1. The van der Waals surface area contributed by atoms with E-state index in [9.17, 15) is 9.59 Å². The summed E-state index contributed by atoms with van der Waals surface area (Å²) in [6.07, 6.45) is 0.197. The number of para-hydroxylation sites is 2. The first-order valence-electron chi connectivity index (χ1n) is 8.18. The Morgan fingerprint density at radius 2 is 2.12 bits per heavy atom. The molecular formula is C18H21N3O3S. The summed E-state index contributed by atoms with van der Waals surface area (Å²) in [5.41, 5.74) is 0.830. The van der Waals surface area contributed by atoms with Gasteiger partial charge in [0.15, 0.2) is 6.10 Å². The second-order valence-electron chi connectivity index (χ2n) is 5.75. The molecular weight excluding hydrogens is 338 g/mol. The molecule has 3 rings (SSSR count). The van der Waals surface area contributed by atoms with Gasteiger partial charge in [0.2, 0.25) is 5.91 Å². The van der Waals surface area contributed by atoms with Crippen LogP contribution in [-0.2, 0) is 16.0 Å². The van der Waals surface area contributed by atoms with Gasteiger partial charge in [-0.3, -0.25) is 9.59 Å². The Kier molecular flexibility index (Phi) is 5.55. The van der Waals surface area contributed by atoms with Gasteiger partial charge in [-0.2, -0.15) is 0 Å². The summed E-state index contributed by atoms with van der Waals surface area (Å²) in [5.74, 6) is 0.357. The molecule has 0 radical (unpaired) electrons. The Bertz CT molecular complexity index is 733. The summed E-state index contributed by atoms with van der Waals surface area (Å²) in [7, 11) is 1.58. The van der Waals surface area contributed by atoms with Gasteiger partial charge in [0, 0.05) is 18.5 Å². The number of nitrogens with one attached hydrogen (secondary N) is 2. The van der Waals surface area contributed by atoms with E-state index in [1.54, 1.807) is 18.4 Å². The first kappa shape index (κ1) is 17.3. The SMILES string of the molecule is CNC(=O)[C@H]1CN(CC(=O)NCCc2cccs2)c2ccccc2O1. The lowest BCUT2D eigenvalue weighted by atomic mass is 10.1. The van der Waals surface area contributed by atoms with Crippen LogP contribution in [0.25, 0.3) is 0 Å². The molecule has 1 aliphatic rings. The van der Waals surface area contributed by atoms with Gasteiger partial charge in [-0.15, -0.1) is 11.3 Å². The topological polar surface area (TPSA) is 70.7 Å². The molecule has 0 unspecified atom stereocenters. The van der Waals surface area contributed by atoms with Crippen molar-refractivity contribution < 1.29 is 14.3 Å². The van der Waals surface area contributed by atoms with Crippen molar-refractivity contribution in [2.45, 2.75) is 12.5 Å². The molecule has 132 valence electrons. The van der Waals surface area contributed by atoms with Gasteiger partial charge in [0.05, 0.1) is 18.8 Å². The molecule has 2 heterocycles. The molecule has 2 aromatic rings. The van der Waals surface area contributed by atoms with Crippen LogP contribution in [0.4, 0.5) is 5.69 Å². The first-order valence-corrected chi connectivity index (χ1v) is 9.06. The van der Waals surface area contributed by atoms with E-state index in [1.165, 1.54) is 4.88 Å². The number of thiophene rings is 1. The zero-order chi connectivity index (χ0) is 17.6. The fourth-order valence-corrected chi connectivity index (χ4v) is 3.47. The van der Waals surface area contributed by atoms with Crippen LogP contribution in [-0.4, -0.2) is 44.6 Å². The highest BCUT2D eigenvalue weighted by molar-refractivity contribution is 7.09. The van der Waals surface area contributed by atoms with E-state index in [0.717, 1.165) is 12.1 Å². The maximum absolute atomic E-state index is 12.3. The van der Waals surface area contributed by atoms with E-state index in [1.807, 2.05) is 40.6 Å². The lowest BCUT2D eigenvalue weighted by Gasteiger charge is -2.34. The summed E-state index contributed by atoms with van der Waals surface area (Å²) < 4.78 is 5.74. The van der Waals surface area contributed by atoms with Gasteiger partial charge in [0.1, 0.15) is 5.75 Å². The maximum Gasteiger partial charge on any atom is 0.262 e. The van der Waals surface area contributed by atoms with Crippen LogP contribution < -0.4 is 20.3 Å². The Balaban J connectivity index is 1.61. The summed E-state index contributed by atoms with van der Waals surface area (Å²) in [5, 5.41) is 7.57. The highest BCUT2D eigenvalue weighted by Gasteiger charge is 2.30. The fraction of sp³-hybridized carbons (Fsp3) is 0.333. The summed E-state index contributed by atoms with van der Waals surface area (Å²) in [6, 6.07) is 11.5. The minimum atomic E-state index is -0.626. The van der Waals surface area contributed by atoms with Gasteiger partial charge in [-0.05, 0) is 30.0 Å². The van der Waals surface area contributed by atoms with E-state index in [4.69, 9.17) is 4.74 Å². The molecule has 1 aliphatic heterocycles. The number of likely N-dealkylation sites (N-methyl/N-ethyl adjacent to an activating group) is 1. The molecule has 7 heteroatoms.